The molecule has 0 aromatic carbocycles. The van der Waals surface area contributed by atoms with Crippen LogP contribution in [-0.4, -0.2) is 30.9 Å². The van der Waals surface area contributed by atoms with E-state index in [0.717, 1.165) is 51.5 Å². The van der Waals surface area contributed by atoms with Gasteiger partial charge in [0, 0.05) is 25.9 Å². The van der Waals surface area contributed by atoms with E-state index in [-0.39, 0.29) is 11.8 Å². The molecule has 0 bridgehead atoms. The molecular weight excluding hydrogens is 336 g/mol. The number of unbranched alkanes of at least 4 members (excludes halogenated alkanes) is 8. The van der Waals surface area contributed by atoms with Crippen LogP contribution in [0.3, 0.4) is 0 Å². The van der Waals surface area contributed by atoms with Crippen LogP contribution in [0.4, 0.5) is 4.79 Å². The van der Waals surface area contributed by atoms with Crippen LogP contribution in [-0.2, 0) is 9.59 Å². The number of carbonyl (C=O) groups excluding carboxylic acids is 3. The third-order valence-electron chi connectivity index (χ3n) is 3.87. The predicted octanol–water partition coefficient (Wildman–Crippen LogP) is 0.947. The lowest BCUT2D eigenvalue weighted by molar-refractivity contribution is -0.122. The molecule has 0 aliphatic heterocycles. The van der Waals surface area contributed by atoms with Gasteiger partial charge in [0.15, 0.2) is 0 Å². The Morgan fingerprint density at radius 1 is 0.577 bits per heavy atom. The molecule has 0 fully saturated rings. The van der Waals surface area contributed by atoms with Crippen LogP contribution in [0.1, 0.15) is 77.0 Å². The van der Waals surface area contributed by atoms with Gasteiger partial charge in [-0.1, -0.05) is 38.5 Å². The van der Waals surface area contributed by atoms with Gasteiger partial charge < -0.3 is 11.5 Å². The van der Waals surface area contributed by atoms with E-state index in [2.05, 4.69) is 21.7 Å². The van der Waals surface area contributed by atoms with Gasteiger partial charge >= 0.3 is 6.03 Å². The number of hydrogen-bond donors (Lipinski definition) is 6. The van der Waals surface area contributed by atoms with E-state index in [1.165, 1.54) is 19.3 Å². The maximum atomic E-state index is 11.6. The fourth-order valence-electron chi connectivity index (χ4n) is 2.45. The SMILES string of the molecule is NC(=O)CCCCCCCCCCNNC(=O)CCCCNNC(N)=O. The summed E-state index contributed by atoms with van der Waals surface area (Å²) in [7, 11) is 0. The molecule has 8 N–H and O–H groups in total. The Balaban J connectivity index is 3.18. The van der Waals surface area contributed by atoms with Gasteiger partial charge in [0.2, 0.25) is 11.8 Å². The van der Waals surface area contributed by atoms with E-state index in [9.17, 15) is 14.4 Å². The molecule has 0 heterocycles. The first-order chi connectivity index (χ1) is 12.5. The van der Waals surface area contributed by atoms with E-state index >= 15 is 0 Å². The summed E-state index contributed by atoms with van der Waals surface area (Å²) < 4.78 is 0. The summed E-state index contributed by atoms with van der Waals surface area (Å²) in [4.78, 5) is 32.6. The molecule has 26 heavy (non-hydrogen) atoms. The van der Waals surface area contributed by atoms with Crippen molar-refractivity contribution in [3.8, 4) is 0 Å². The predicted molar refractivity (Wildman–Crippen MR) is 101 cm³/mol. The number of hydrazine groups is 2. The highest BCUT2D eigenvalue weighted by atomic mass is 16.2. The minimum atomic E-state index is -0.618. The number of primary amides is 2. The van der Waals surface area contributed by atoms with Crippen molar-refractivity contribution in [2.45, 2.75) is 77.0 Å². The molecule has 0 atom stereocenters. The summed E-state index contributed by atoms with van der Waals surface area (Å²) in [6.45, 7) is 1.35. The zero-order valence-corrected chi connectivity index (χ0v) is 15.8. The van der Waals surface area contributed by atoms with Crippen molar-refractivity contribution in [3.05, 3.63) is 0 Å². The Morgan fingerprint density at radius 2 is 1.04 bits per heavy atom. The Bertz CT molecular complexity index is 393. The number of nitrogens with one attached hydrogen (secondary N) is 4. The maximum Gasteiger partial charge on any atom is 0.326 e. The molecule has 0 radical (unpaired) electrons. The largest absolute Gasteiger partial charge is 0.370 e. The van der Waals surface area contributed by atoms with Crippen LogP contribution in [0, 0.1) is 0 Å². The van der Waals surface area contributed by atoms with Crippen molar-refractivity contribution in [2.75, 3.05) is 13.1 Å². The van der Waals surface area contributed by atoms with Gasteiger partial charge in [-0.3, -0.25) is 20.4 Å². The summed E-state index contributed by atoms with van der Waals surface area (Å²) in [5.41, 5.74) is 20.6. The van der Waals surface area contributed by atoms with E-state index in [0.29, 0.717) is 19.4 Å². The van der Waals surface area contributed by atoms with Gasteiger partial charge in [-0.25, -0.2) is 15.6 Å². The molecule has 0 aromatic rings. The molecule has 0 aromatic heterocycles. The lowest BCUT2D eigenvalue weighted by atomic mass is 10.1. The molecular formula is C17H36N6O3. The fourth-order valence-corrected chi connectivity index (χ4v) is 2.45. The molecule has 0 spiro atoms. The number of rotatable bonds is 18. The highest BCUT2D eigenvalue weighted by Gasteiger charge is 2.00. The smallest absolute Gasteiger partial charge is 0.326 e. The lowest BCUT2D eigenvalue weighted by Gasteiger charge is -2.08. The van der Waals surface area contributed by atoms with Crippen LogP contribution >= 0.6 is 0 Å². The molecule has 9 heteroatoms. The van der Waals surface area contributed by atoms with Gasteiger partial charge in [0.1, 0.15) is 0 Å². The lowest BCUT2D eigenvalue weighted by Crippen LogP contribution is -2.41. The maximum absolute atomic E-state index is 11.6. The van der Waals surface area contributed by atoms with Crippen LogP contribution < -0.4 is 33.2 Å². The van der Waals surface area contributed by atoms with Crippen LogP contribution in [0.5, 0.6) is 0 Å². The first kappa shape index (κ1) is 24.1. The topological polar surface area (TPSA) is 151 Å². The van der Waals surface area contributed by atoms with E-state index in [1.807, 2.05) is 0 Å². The van der Waals surface area contributed by atoms with Gasteiger partial charge in [-0.2, -0.15) is 0 Å². The first-order valence-corrected chi connectivity index (χ1v) is 9.60. The van der Waals surface area contributed by atoms with E-state index in [4.69, 9.17) is 11.5 Å². The van der Waals surface area contributed by atoms with Crippen molar-refractivity contribution in [1.82, 2.24) is 21.7 Å². The quantitative estimate of drug-likeness (QED) is 0.156. The standard InChI is InChI=1S/C17H36N6O3/c18-15(24)11-7-5-3-1-2-4-6-9-13-20-22-16(25)12-8-10-14-21-23-17(19)26/h20-21H,1-14H2,(H2,18,24)(H,22,25)(H3,19,23,26). The molecule has 4 amide bonds. The average molecular weight is 373 g/mol. The second-order valence-corrected chi connectivity index (χ2v) is 6.39. The third-order valence-corrected chi connectivity index (χ3v) is 3.87. The highest BCUT2D eigenvalue weighted by molar-refractivity contribution is 5.75. The van der Waals surface area contributed by atoms with Crippen molar-refractivity contribution in [1.29, 1.82) is 0 Å². The molecule has 0 unspecified atom stereocenters. The van der Waals surface area contributed by atoms with Crippen molar-refractivity contribution >= 4 is 17.8 Å². The molecule has 0 aliphatic rings. The number of carbonyl (C=O) groups is 3. The van der Waals surface area contributed by atoms with Gasteiger partial charge in [0.05, 0.1) is 0 Å². The normalized spacial score (nSPS) is 10.5. The molecule has 152 valence electrons. The Labute approximate surface area is 156 Å². The summed E-state index contributed by atoms with van der Waals surface area (Å²) in [6.07, 6.45) is 11.4. The summed E-state index contributed by atoms with van der Waals surface area (Å²) in [6, 6.07) is -0.618. The first-order valence-electron chi connectivity index (χ1n) is 9.60. The molecule has 0 aliphatic carbocycles. The van der Waals surface area contributed by atoms with Gasteiger partial charge in [0.25, 0.3) is 0 Å². The average Bonchev–Trinajstić information content (AvgIpc) is 2.58. The van der Waals surface area contributed by atoms with E-state index in [1.54, 1.807) is 0 Å². The molecule has 0 rings (SSSR count). The highest BCUT2D eigenvalue weighted by Crippen LogP contribution is 2.09. The fraction of sp³-hybridized carbons (Fsp3) is 0.824. The number of nitrogens with two attached hydrogens (primary N) is 2. The summed E-state index contributed by atoms with van der Waals surface area (Å²) in [5, 5.41) is 0. The minimum absolute atomic E-state index is 0.0242. The summed E-state index contributed by atoms with van der Waals surface area (Å²) >= 11 is 0. The van der Waals surface area contributed by atoms with Crippen LogP contribution in [0.15, 0.2) is 0 Å². The third kappa shape index (κ3) is 20.2. The summed E-state index contributed by atoms with van der Waals surface area (Å²) in [5.74, 6) is -0.233. The van der Waals surface area contributed by atoms with Gasteiger partial charge in [-0.15, -0.1) is 0 Å². The number of amides is 4. The zero-order chi connectivity index (χ0) is 19.5. The monoisotopic (exact) mass is 372 g/mol. The Kier molecular flexibility index (Phi) is 16.6. The van der Waals surface area contributed by atoms with Gasteiger partial charge in [-0.05, 0) is 25.7 Å². The van der Waals surface area contributed by atoms with Crippen LogP contribution in [0.2, 0.25) is 0 Å². The van der Waals surface area contributed by atoms with Crippen molar-refractivity contribution < 1.29 is 14.4 Å². The zero-order valence-electron chi connectivity index (χ0n) is 15.8. The van der Waals surface area contributed by atoms with Crippen LogP contribution in [0.25, 0.3) is 0 Å². The Hall–Kier alpha value is -1.87. The van der Waals surface area contributed by atoms with Crippen molar-refractivity contribution in [3.63, 3.8) is 0 Å². The minimum Gasteiger partial charge on any atom is -0.370 e. The number of hydrogen-bond acceptors (Lipinski definition) is 5. The molecule has 0 saturated carbocycles. The number of urea groups is 1. The second kappa shape index (κ2) is 17.9. The van der Waals surface area contributed by atoms with Crippen molar-refractivity contribution in [2.24, 2.45) is 11.5 Å². The van der Waals surface area contributed by atoms with E-state index < -0.39 is 6.03 Å². The Morgan fingerprint density at radius 3 is 1.62 bits per heavy atom. The molecule has 0 saturated heterocycles. The molecule has 9 nitrogen and oxygen atoms in total. The second-order valence-electron chi connectivity index (χ2n) is 6.39.